The Morgan fingerprint density at radius 1 is 1.25 bits per heavy atom. The van der Waals surface area contributed by atoms with Crippen LogP contribution in [0.1, 0.15) is 24.8 Å². The van der Waals surface area contributed by atoms with Crippen molar-refractivity contribution in [2.75, 3.05) is 13.1 Å². The number of amides is 1. The molecule has 2 saturated heterocycles. The SMILES string of the molecule is O=C1CCC2CNCCC2N1Cc1c(F)cccc1F. The normalized spacial score (nSPS) is 26.5. The van der Waals surface area contributed by atoms with Crippen LogP contribution in [0.15, 0.2) is 18.2 Å². The van der Waals surface area contributed by atoms with Gasteiger partial charge in [-0.2, -0.15) is 0 Å². The summed E-state index contributed by atoms with van der Waals surface area (Å²) in [6.07, 6.45) is 2.19. The molecule has 20 heavy (non-hydrogen) atoms. The molecule has 3 rings (SSSR count). The van der Waals surface area contributed by atoms with E-state index < -0.39 is 11.6 Å². The van der Waals surface area contributed by atoms with Crippen LogP contribution in [0.3, 0.4) is 0 Å². The number of carbonyl (C=O) groups is 1. The van der Waals surface area contributed by atoms with Gasteiger partial charge in [-0.05, 0) is 44.0 Å². The first-order valence-electron chi connectivity index (χ1n) is 7.10. The average molecular weight is 280 g/mol. The smallest absolute Gasteiger partial charge is 0.223 e. The molecule has 0 aliphatic carbocycles. The number of benzene rings is 1. The van der Waals surface area contributed by atoms with Crippen molar-refractivity contribution < 1.29 is 13.6 Å². The van der Waals surface area contributed by atoms with E-state index in [0.29, 0.717) is 12.3 Å². The van der Waals surface area contributed by atoms with Crippen LogP contribution in [0.5, 0.6) is 0 Å². The summed E-state index contributed by atoms with van der Waals surface area (Å²) in [7, 11) is 0. The Hall–Kier alpha value is -1.49. The second-order valence-corrected chi connectivity index (χ2v) is 5.58. The molecule has 0 saturated carbocycles. The Bertz CT molecular complexity index is 500. The molecule has 0 bridgehead atoms. The predicted molar refractivity (Wildman–Crippen MR) is 70.9 cm³/mol. The number of rotatable bonds is 2. The molecule has 2 atom stereocenters. The number of halogens is 2. The van der Waals surface area contributed by atoms with E-state index in [2.05, 4.69) is 5.32 Å². The van der Waals surface area contributed by atoms with Crippen LogP contribution in [-0.2, 0) is 11.3 Å². The first-order chi connectivity index (χ1) is 9.66. The van der Waals surface area contributed by atoms with Crippen LogP contribution < -0.4 is 5.32 Å². The molecule has 0 spiro atoms. The van der Waals surface area contributed by atoms with E-state index in [4.69, 9.17) is 0 Å². The minimum Gasteiger partial charge on any atom is -0.335 e. The lowest BCUT2D eigenvalue weighted by Crippen LogP contribution is -2.54. The van der Waals surface area contributed by atoms with E-state index in [-0.39, 0.29) is 24.1 Å². The molecule has 0 aromatic heterocycles. The van der Waals surface area contributed by atoms with Crippen molar-refractivity contribution in [2.24, 2.45) is 5.92 Å². The van der Waals surface area contributed by atoms with Gasteiger partial charge < -0.3 is 10.2 Å². The summed E-state index contributed by atoms with van der Waals surface area (Å²) in [6.45, 7) is 1.78. The van der Waals surface area contributed by atoms with E-state index in [1.54, 1.807) is 4.90 Å². The standard InChI is InChI=1S/C15H18F2N2O/c16-12-2-1-3-13(17)11(12)9-19-14-6-7-18-8-10(14)4-5-15(19)20/h1-3,10,14,18H,4-9H2. The van der Waals surface area contributed by atoms with Gasteiger partial charge in [-0.25, -0.2) is 8.78 Å². The third-order valence-electron chi connectivity index (χ3n) is 4.41. The van der Waals surface area contributed by atoms with Crippen LogP contribution in [-0.4, -0.2) is 29.9 Å². The summed E-state index contributed by atoms with van der Waals surface area (Å²) in [5.74, 6) is -0.741. The number of likely N-dealkylation sites (tertiary alicyclic amines) is 1. The Morgan fingerprint density at radius 3 is 2.75 bits per heavy atom. The number of nitrogens with zero attached hydrogens (tertiary/aromatic N) is 1. The number of hydrogen-bond donors (Lipinski definition) is 1. The van der Waals surface area contributed by atoms with E-state index in [1.807, 2.05) is 0 Å². The van der Waals surface area contributed by atoms with Crippen LogP contribution in [0, 0.1) is 17.6 Å². The summed E-state index contributed by atoms with van der Waals surface area (Å²) in [6, 6.07) is 3.94. The molecule has 1 aromatic rings. The number of carbonyl (C=O) groups excluding carboxylic acids is 1. The van der Waals surface area contributed by atoms with Gasteiger partial charge in [0, 0.05) is 18.0 Å². The second-order valence-electron chi connectivity index (χ2n) is 5.58. The third-order valence-corrected chi connectivity index (χ3v) is 4.41. The zero-order valence-corrected chi connectivity index (χ0v) is 11.2. The van der Waals surface area contributed by atoms with Crippen molar-refractivity contribution in [2.45, 2.75) is 31.8 Å². The molecule has 2 heterocycles. The highest BCUT2D eigenvalue weighted by Crippen LogP contribution is 2.30. The summed E-state index contributed by atoms with van der Waals surface area (Å²) >= 11 is 0. The molecule has 3 nitrogen and oxygen atoms in total. The Balaban J connectivity index is 1.85. The van der Waals surface area contributed by atoms with Crippen LogP contribution in [0.4, 0.5) is 8.78 Å². The third kappa shape index (κ3) is 2.42. The number of hydrogen-bond acceptors (Lipinski definition) is 2. The van der Waals surface area contributed by atoms with Gasteiger partial charge in [0.05, 0.1) is 6.54 Å². The lowest BCUT2D eigenvalue weighted by molar-refractivity contribution is -0.140. The Morgan fingerprint density at radius 2 is 2.00 bits per heavy atom. The zero-order chi connectivity index (χ0) is 14.1. The molecule has 0 radical (unpaired) electrons. The molecule has 108 valence electrons. The van der Waals surface area contributed by atoms with Gasteiger partial charge in [0.15, 0.2) is 0 Å². The summed E-state index contributed by atoms with van der Waals surface area (Å²) in [5, 5.41) is 3.32. The first-order valence-corrected chi connectivity index (χ1v) is 7.10. The van der Waals surface area contributed by atoms with E-state index in [0.717, 1.165) is 25.9 Å². The van der Waals surface area contributed by atoms with Gasteiger partial charge in [-0.15, -0.1) is 0 Å². The van der Waals surface area contributed by atoms with Gasteiger partial charge in [0.25, 0.3) is 0 Å². The molecule has 2 aliphatic rings. The van der Waals surface area contributed by atoms with Crippen molar-refractivity contribution in [1.29, 1.82) is 0 Å². The lowest BCUT2D eigenvalue weighted by atomic mass is 9.84. The minimum atomic E-state index is -0.575. The lowest BCUT2D eigenvalue weighted by Gasteiger charge is -2.44. The van der Waals surface area contributed by atoms with Gasteiger partial charge in [0.2, 0.25) is 5.91 Å². The summed E-state index contributed by atoms with van der Waals surface area (Å²) in [4.78, 5) is 13.8. The van der Waals surface area contributed by atoms with E-state index in [1.165, 1.54) is 18.2 Å². The molecule has 1 amide bonds. The monoisotopic (exact) mass is 280 g/mol. The second kappa shape index (κ2) is 5.48. The van der Waals surface area contributed by atoms with Crippen LogP contribution >= 0.6 is 0 Å². The maximum atomic E-state index is 13.8. The molecule has 1 N–H and O–H groups in total. The van der Waals surface area contributed by atoms with Gasteiger partial charge in [-0.1, -0.05) is 6.07 Å². The fourth-order valence-corrected chi connectivity index (χ4v) is 3.31. The first kappa shape index (κ1) is 13.5. The van der Waals surface area contributed by atoms with Gasteiger partial charge in [-0.3, -0.25) is 4.79 Å². The Kier molecular flexibility index (Phi) is 3.70. The topological polar surface area (TPSA) is 32.3 Å². The maximum absolute atomic E-state index is 13.8. The van der Waals surface area contributed by atoms with E-state index in [9.17, 15) is 13.6 Å². The highest BCUT2D eigenvalue weighted by atomic mass is 19.1. The molecule has 2 aliphatic heterocycles. The molecule has 2 fully saturated rings. The molecule has 1 aromatic carbocycles. The van der Waals surface area contributed by atoms with Crippen LogP contribution in [0.2, 0.25) is 0 Å². The highest BCUT2D eigenvalue weighted by Gasteiger charge is 2.37. The molecular weight excluding hydrogens is 262 g/mol. The minimum absolute atomic E-state index is 0.0000302. The quantitative estimate of drug-likeness (QED) is 0.899. The largest absolute Gasteiger partial charge is 0.335 e. The van der Waals surface area contributed by atoms with Crippen LogP contribution in [0.25, 0.3) is 0 Å². The summed E-state index contributed by atoms with van der Waals surface area (Å²) in [5.41, 5.74) is 0.0000302. The van der Waals surface area contributed by atoms with Gasteiger partial charge >= 0.3 is 0 Å². The van der Waals surface area contributed by atoms with Crippen molar-refractivity contribution in [3.8, 4) is 0 Å². The van der Waals surface area contributed by atoms with E-state index >= 15 is 0 Å². The molecular formula is C15H18F2N2O. The Labute approximate surface area is 117 Å². The van der Waals surface area contributed by atoms with Crippen molar-refractivity contribution in [3.63, 3.8) is 0 Å². The van der Waals surface area contributed by atoms with Crippen molar-refractivity contribution in [1.82, 2.24) is 10.2 Å². The number of fused-ring (bicyclic) bond motifs is 1. The van der Waals surface area contributed by atoms with Gasteiger partial charge in [0.1, 0.15) is 11.6 Å². The average Bonchev–Trinajstić information content (AvgIpc) is 2.45. The van der Waals surface area contributed by atoms with Crippen molar-refractivity contribution >= 4 is 5.91 Å². The summed E-state index contributed by atoms with van der Waals surface area (Å²) < 4.78 is 27.5. The fraction of sp³-hybridized carbons (Fsp3) is 0.533. The van der Waals surface area contributed by atoms with Crippen molar-refractivity contribution in [3.05, 3.63) is 35.4 Å². The molecule has 2 unspecified atom stereocenters. The molecule has 5 heteroatoms. The predicted octanol–water partition coefficient (Wildman–Crippen LogP) is 2.07. The number of nitrogens with one attached hydrogen (secondary N) is 1. The highest BCUT2D eigenvalue weighted by molar-refractivity contribution is 5.77. The maximum Gasteiger partial charge on any atom is 0.223 e. The number of piperidine rings is 2. The fourth-order valence-electron chi connectivity index (χ4n) is 3.31. The zero-order valence-electron chi connectivity index (χ0n) is 11.2.